The van der Waals surface area contributed by atoms with Crippen LogP contribution in [0.1, 0.15) is 16.2 Å². The molecule has 2 aromatic rings. The molecule has 0 aliphatic carbocycles. The van der Waals surface area contributed by atoms with Crippen LogP contribution in [0, 0.1) is 6.92 Å². The summed E-state index contributed by atoms with van der Waals surface area (Å²) in [7, 11) is 0. The Kier molecular flexibility index (Phi) is 4.02. The summed E-state index contributed by atoms with van der Waals surface area (Å²) in [6.45, 7) is 2.47. The second-order valence-corrected chi connectivity index (χ2v) is 4.01. The summed E-state index contributed by atoms with van der Waals surface area (Å²) < 4.78 is 10.3. The fourth-order valence-corrected chi connectivity index (χ4v) is 1.50. The molecule has 0 saturated carbocycles. The maximum atomic E-state index is 11.6. The van der Waals surface area contributed by atoms with E-state index < -0.39 is 0 Å². The molecule has 2 rings (SSSR count). The molecular weight excluding hydrogens is 246 g/mol. The van der Waals surface area contributed by atoms with Gasteiger partial charge in [-0.2, -0.15) is 0 Å². The highest BCUT2D eigenvalue weighted by Crippen LogP contribution is 2.13. The van der Waals surface area contributed by atoms with Crippen LogP contribution in [0.4, 0.5) is 5.69 Å². The first-order valence-electron chi connectivity index (χ1n) is 5.85. The Morgan fingerprint density at radius 3 is 3.00 bits per heavy atom. The highest BCUT2D eigenvalue weighted by atomic mass is 16.5. The number of ether oxygens (including phenoxy) is 1. The predicted molar refractivity (Wildman–Crippen MR) is 69.9 cm³/mol. The predicted octanol–water partition coefficient (Wildman–Crippen LogP) is 1.37. The van der Waals surface area contributed by atoms with Crippen molar-refractivity contribution in [3.63, 3.8) is 0 Å². The van der Waals surface area contributed by atoms with Gasteiger partial charge in [-0.1, -0.05) is 11.2 Å². The number of carbonyl (C=O) groups excluding carboxylic acids is 1. The topological polar surface area (TPSA) is 90.4 Å². The van der Waals surface area contributed by atoms with E-state index in [0.29, 0.717) is 30.3 Å². The van der Waals surface area contributed by atoms with Crippen LogP contribution < -0.4 is 15.8 Å². The van der Waals surface area contributed by atoms with E-state index in [1.807, 2.05) is 0 Å². The third-order valence-electron chi connectivity index (χ3n) is 2.37. The van der Waals surface area contributed by atoms with Crippen molar-refractivity contribution in [2.24, 2.45) is 0 Å². The van der Waals surface area contributed by atoms with Crippen molar-refractivity contribution in [3.8, 4) is 5.75 Å². The number of nitrogens with two attached hydrogens (primary N) is 1. The monoisotopic (exact) mass is 261 g/mol. The third-order valence-corrected chi connectivity index (χ3v) is 2.37. The van der Waals surface area contributed by atoms with Gasteiger partial charge in [-0.05, 0) is 19.1 Å². The Hall–Kier alpha value is -2.50. The molecule has 0 bridgehead atoms. The highest BCUT2D eigenvalue weighted by Gasteiger charge is 2.10. The molecule has 6 heteroatoms. The fourth-order valence-electron chi connectivity index (χ4n) is 1.50. The second-order valence-electron chi connectivity index (χ2n) is 4.01. The lowest BCUT2D eigenvalue weighted by molar-refractivity contribution is 0.0910. The molecule has 0 saturated heterocycles. The van der Waals surface area contributed by atoms with E-state index in [2.05, 4.69) is 10.5 Å². The molecule has 0 spiro atoms. The van der Waals surface area contributed by atoms with Gasteiger partial charge in [-0.3, -0.25) is 4.79 Å². The van der Waals surface area contributed by atoms with Crippen molar-refractivity contribution in [1.29, 1.82) is 0 Å². The Morgan fingerprint density at radius 2 is 2.32 bits per heavy atom. The molecule has 6 nitrogen and oxygen atoms in total. The number of anilines is 1. The highest BCUT2D eigenvalue weighted by molar-refractivity contribution is 5.91. The Bertz CT molecular complexity index is 566. The van der Waals surface area contributed by atoms with Gasteiger partial charge in [0.2, 0.25) is 5.76 Å². The van der Waals surface area contributed by atoms with E-state index in [0.717, 1.165) is 0 Å². The SMILES string of the molecule is Cc1cc(C(=O)NCCOc2cccc(N)c2)on1. The molecule has 0 radical (unpaired) electrons. The van der Waals surface area contributed by atoms with Crippen molar-refractivity contribution < 1.29 is 14.1 Å². The van der Waals surface area contributed by atoms with Crippen molar-refractivity contribution in [1.82, 2.24) is 10.5 Å². The average molecular weight is 261 g/mol. The van der Waals surface area contributed by atoms with Crippen LogP contribution in [-0.2, 0) is 0 Å². The minimum Gasteiger partial charge on any atom is -0.492 e. The number of amides is 1. The van der Waals surface area contributed by atoms with Crippen molar-refractivity contribution in [2.75, 3.05) is 18.9 Å². The summed E-state index contributed by atoms with van der Waals surface area (Å²) in [6.07, 6.45) is 0. The zero-order valence-electron chi connectivity index (χ0n) is 10.6. The van der Waals surface area contributed by atoms with Gasteiger partial charge in [0, 0.05) is 17.8 Å². The van der Waals surface area contributed by atoms with E-state index in [4.69, 9.17) is 15.0 Å². The average Bonchev–Trinajstić information content (AvgIpc) is 2.81. The number of carbonyl (C=O) groups is 1. The number of nitrogens with one attached hydrogen (secondary N) is 1. The summed E-state index contributed by atoms with van der Waals surface area (Å²) in [5, 5.41) is 6.31. The van der Waals surface area contributed by atoms with Crippen molar-refractivity contribution >= 4 is 11.6 Å². The van der Waals surface area contributed by atoms with E-state index in [1.165, 1.54) is 0 Å². The maximum Gasteiger partial charge on any atom is 0.290 e. The minimum absolute atomic E-state index is 0.196. The van der Waals surface area contributed by atoms with Crippen LogP contribution in [0.2, 0.25) is 0 Å². The van der Waals surface area contributed by atoms with Crippen LogP contribution in [-0.4, -0.2) is 24.2 Å². The number of hydrogen-bond donors (Lipinski definition) is 2. The largest absolute Gasteiger partial charge is 0.492 e. The van der Waals surface area contributed by atoms with Crippen LogP contribution in [0.25, 0.3) is 0 Å². The summed E-state index contributed by atoms with van der Waals surface area (Å²) in [4.78, 5) is 11.6. The van der Waals surface area contributed by atoms with Gasteiger partial charge in [-0.15, -0.1) is 0 Å². The van der Waals surface area contributed by atoms with Crippen LogP contribution in [0.15, 0.2) is 34.9 Å². The lowest BCUT2D eigenvalue weighted by Gasteiger charge is -2.07. The number of nitrogen functional groups attached to an aromatic ring is 1. The fraction of sp³-hybridized carbons (Fsp3) is 0.231. The zero-order valence-corrected chi connectivity index (χ0v) is 10.6. The maximum absolute atomic E-state index is 11.6. The number of aromatic nitrogens is 1. The van der Waals surface area contributed by atoms with Gasteiger partial charge in [0.05, 0.1) is 12.2 Å². The van der Waals surface area contributed by atoms with E-state index >= 15 is 0 Å². The van der Waals surface area contributed by atoms with Gasteiger partial charge >= 0.3 is 0 Å². The summed E-state index contributed by atoms with van der Waals surface area (Å²) in [6, 6.07) is 8.69. The Morgan fingerprint density at radius 1 is 1.47 bits per heavy atom. The molecule has 1 heterocycles. The third kappa shape index (κ3) is 3.74. The zero-order chi connectivity index (χ0) is 13.7. The number of hydrogen-bond acceptors (Lipinski definition) is 5. The lowest BCUT2D eigenvalue weighted by Crippen LogP contribution is -2.27. The van der Waals surface area contributed by atoms with Gasteiger partial charge in [-0.25, -0.2) is 0 Å². The molecule has 0 atom stereocenters. The van der Waals surface area contributed by atoms with E-state index in [-0.39, 0.29) is 11.7 Å². The minimum atomic E-state index is -0.309. The molecule has 0 unspecified atom stereocenters. The van der Waals surface area contributed by atoms with Crippen LogP contribution >= 0.6 is 0 Å². The van der Waals surface area contributed by atoms with Crippen molar-refractivity contribution in [3.05, 3.63) is 41.8 Å². The molecule has 100 valence electrons. The van der Waals surface area contributed by atoms with E-state index in [1.54, 1.807) is 37.3 Å². The molecular formula is C13H15N3O3. The quantitative estimate of drug-likeness (QED) is 0.626. The normalized spacial score (nSPS) is 10.2. The van der Waals surface area contributed by atoms with Crippen LogP contribution in [0.5, 0.6) is 5.75 Å². The van der Waals surface area contributed by atoms with Crippen molar-refractivity contribution in [2.45, 2.75) is 6.92 Å². The summed E-state index contributed by atoms with van der Waals surface area (Å²) in [5.74, 6) is 0.558. The second kappa shape index (κ2) is 5.90. The standard InChI is InChI=1S/C13H15N3O3/c1-9-7-12(19-16-9)13(17)15-5-6-18-11-4-2-3-10(14)8-11/h2-4,7-8H,5-6,14H2,1H3,(H,15,17). The Labute approximate surface area is 110 Å². The van der Waals surface area contributed by atoms with Gasteiger partial charge in [0.15, 0.2) is 0 Å². The molecule has 1 aromatic heterocycles. The lowest BCUT2D eigenvalue weighted by atomic mass is 10.3. The molecule has 0 fully saturated rings. The molecule has 0 aliphatic rings. The van der Waals surface area contributed by atoms with Gasteiger partial charge in [0.1, 0.15) is 12.4 Å². The summed E-state index contributed by atoms with van der Waals surface area (Å²) >= 11 is 0. The summed E-state index contributed by atoms with van der Waals surface area (Å²) in [5.41, 5.74) is 6.93. The smallest absolute Gasteiger partial charge is 0.290 e. The molecule has 1 aromatic carbocycles. The molecule has 3 N–H and O–H groups in total. The van der Waals surface area contributed by atoms with Gasteiger partial charge in [0.25, 0.3) is 5.91 Å². The van der Waals surface area contributed by atoms with E-state index in [9.17, 15) is 4.79 Å². The molecule has 19 heavy (non-hydrogen) atoms. The molecule has 0 aliphatic heterocycles. The number of nitrogens with zero attached hydrogens (tertiary/aromatic N) is 1. The molecule has 1 amide bonds. The number of rotatable bonds is 5. The number of aryl methyl sites for hydroxylation is 1. The Balaban J connectivity index is 1.74. The van der Waals surface area contributed by atoms with Gasteiger partial charge < -0.3 is 20.3 Å². The first kappa shape index (κ1) is 12.9. The number of benzene rings is 1. The van der Waals surface area contributed by atoms with Crippen LogP contribution in [0.3, 0.4) is 0 Å². The first-order chi connectivity index (χ1) is 9.15. The first-order valence-corrected chi connectivity index (χ1v) is 5.85.